The Balaban J connectivity index is 1.41. The average molecular weight is 413 g/mol. The quantitative estimate of drug-likeness (QED) is 0.494. The second-order valence-electron chi connectivity index (χ2n) is 7.60. The molecule has 2 aromatic carbocycles. The smallest absolute Gasteiger partial charge is 0.258 e. The Labute approximate surface area is 178 Å². The third-order valence-electron chi connectivity index (χ3n) is 5.45. The van der Waals surface area contributed by atoms with Gasteiger partial charge in [0, 0.05) is 24.2 Å². The van der Waals surface area contributed by atoms with E-state index in [4.69, 9.17) is 4.74 Å². The summed E-state index contributed by atoms with van der Waals surface area (Å²) in [6.07, 6.45) is 1.71. The van der Waals surface area contributed by atoms with Gasteiger partial charge in [0.2, 0.25) is 0 Å². The maximum atomic E-state index is 12.6. The summed E-state index contributed by atoms with van der Waals surface area (Å²) in [6, 6.07) is 14.9. The lowest BCUT2D eigenvalue weighted by molar-refractivity contribution is 0.0303. The van der Waals surface area contributed by atoms with Crippen LogP contribution in [0.4, 0.5) is 0 Å². The van der Waals surface area contributed by atoms with Crippen molar-refractivity contribution in [3.8, 4) is 16.9 Å². The Hall–Kier alpha value is -3.72. The van der Waals surface area contributed by atoms with Gasteiger partial charge in [0.25, 0.3) is 11.5 Å². The molecule has 2 aromatic heterocycles. The molecule has 0 unspecified atom stereocenters. The van der Waals surface area contributed by atoms with E-state index in [1.165, 1.54) is 0 Å². The van der Waals surface area contributed by atoms with Gasteiger partial charge in [-0.05, 0) is 41.8 Å². The van der Waals surface area contributed by atoms with E-state index in [0.29, 0.717) is 43.1 Å². The van der Waals surface area contributed by atoms with Gasteiger partial charge in [-0.15, -0.1) is 5.10 Å². The minimum absolute atomic E-state index is 0.00735. The molecular formula is C22H20BN5O3. The molecule has 0 radical (unpaired) electrons. The number of aromatic nitrogens is 4. The van der Waals surface area contributed by atoms with E-state index in [-0.39, 0.29) is 11.5 Å². The van der Waals surface area contributed by atoms with Gasteiger partial charge in [-0.25, -0.2) is 4.68 Å². The Morgan fingerprint density at radius 2 is 1.84 bits per heavy atom. The Kier molecular flexibility index (Phi) is 4.87. The molecule has 0 aliphatic carbocycles. The molecule has 1 aliphatic rings. The van der Waals surface area contributed by atoms with Gasteiger partial charge in [-0.1, -0.05) is 22.8 Å². The Morgan fingerprint density at radius 1 is 1.06 bits per heavy atom. The van der Waals surface area contributed by atoms with E-state index in [2.05, 4.69) is 15.3 Å². The van der Waals surface area contributed by atoms with Crippen LogP contribution >= 0.6 is 0 Å². The molecule has 31 heavy (non-hydrogen) atoms. The van der Waals surface area contributed by atoms with Gasteiger partial charge in [-0.3, -0.25) is 9.59 Å². The molecule has 0 saturated carbocycles. The fraction of sp³-hybridized carbons (Fsp3) is 0.182. The van der Waals surface area contributed by atoms with Crippen molar-refractivity contribution in [1.29, 1.82) is 0 Å². The Morgan fingerprint density at radius 3 is 2.61 bits per heavy atom. The van der Waals surface area contributed by atoms with Crippen molar-refractivity contribution in [2.24, 2.45) is 0 Å². The van der Waals surface area contributed by atoms with Gasteiger partial charge in [-0.2, -0.15) is 0 Å². The van der Waals surface area contributed by atoms with Crippen molar-refractivity contribution >= 4 is 30.1 Å². The molecule has 3 heterocycles. The normalized spacial score (nSPS) is 14.1. The lowest BCUT2D eigenvalue weighted by atomic mass is 9.95. The van der Waals surface area contributed by atoms with Gasteiger partial charge in [0.1, 0.15) is 13.5 Å². The average Bonchev–Trinajstić information content (AvgIpc) is 3.29. The van der Waals surface area contributed by atoms with Crippen LogP contribution in [-0.2, 0) is 4.74 Å². The number of H-pyrrole nitrogens is 1. The number of aromatic amines is 1. The van der Waals surface area contributed by atoms with Crippen molar-refractivity contribution < 1.29 is 9.53 Å². The maximum absolute atomic E-state index is 12.6. The van der Waals surface area contributed by atoms with Gasteiger partial charge in [0.05, 0.1) is 30.7 Å². The zero-order chi connectivity index (χ0) is 21.4. The zero-order valence-corrected chi connectivity index (χ0v) is 17.0. The van der Waals surface area contributed by atoms with Gasteiger partial charge < -0.3 is 14.6 Å². The Bertz CT molecular complexity index is 1320. The molecular weight excluding hydrogens is 393 g/mol. The molecule has 1 saturated heterocycles. The fourth-order valence-corrected chi connectivity index (χ4v) is 3.72. The van der Waals surface area contributed by atoms with Crippen LogP contribution in [0, 0.1) is 0 Å². The molecule has 4 aromatic rings. The molecule has 9 heteroatoms. The number of fused-ring (bicyclic) bond motifs is 1. The fourth-order valence-electron chi connectivity index (χ4n) is 3.72. The largest absolute Gasteiger partial charge is 0.378 e. The summed E-state index contributed by atoms with van der Waals surface area (Å²) >= 11 is 0. The monoisotopic (exact) mass is 413 g/mol. The number of morpholine rings is 1. The molecule has 0 spiro atoms. The molecule has 0 atom stereocenters. The number of hydrogen-bond donors (Lipinski definition) is 1. The predicted molar refractivity (Wildman–Crippen MR) is 120 cm³/mol. The maximum Gasteiger partial charge on any atom is 0.258 e. The number of carbonyl (C=O) groups is 1. The number of hydrogen-bond acceptors (Lipinski definition) is 5. The minimum atomic E-state index is -0.211. The number of amides is 1. The van der Waals surface area contributed by atoms with E-state index in [1.54, 1.807) is 27.9 Å². The first kappa shape index (κ1) is 19.3. The first-order valence-electron chi connectivity index (χ1n) is 10.1. The van der Waals surface area contributed by atoms with Crippen LogP contribution in [0.5, 0.6) is 0 Å². The van der Waals surface area contributed by atoms with E-state index < -0.39 is 0 Å². The van der Waals surface area contributed by atoms with Crippen LogP contribution in [0.2, 0.25) is 0 Å². The van der Waals surface area contributed by atoms with Crippen LogP contribution < -0.4 is 11.0 Å². The third-order valence-corrected chi connectivity index (χ3v) is 5.45. The number of nitrogens with one attached hydrogen (secondary N) is 1. The highest BCUT2D eigenvalue weighted by Crippen LogP contribution is 2.19. The predicted octanol–water partition coefficient (Wildman–Crippen LogP) is 0.507. The third kappa shape index (κ3) is 3.75. The SMILES string of the molecule is Bc1ccc2cc(-c3cn(-c4ccc(C(=O)N5CCOCC5)cc4)nn3)c(=O)[nH]c2c1. The summed E-state index contributed by atoms with van der Waals surface area (Å²) in [5.74, 6) is -0.00735. The number of carbonyl (C=O) groups excluding carboxylic acids is 1. The van der Waals surface area contributed by atoms with Crippen molar-refractivity contribution in [1.82, 2.24) is 24.9 Å². The number of benzene rings is 2. The number of nitrogens with zero attached hydrogens (tertiary/aromatic N) is 4. The van der Waals surface area contributed by atoms with E-state index in [1.807, 2.05) is 44.2 Å². The molecule has 1 aliphatic heterocycles. The molecule has 1 fully saturated rings. The first-order valence-corrected chi connectivity index (χ1v) is 10.1. The molecule has 1 amide bonds. The van der Waals surface area contributed by atoms with Crippen molar-refractivity contribution in [2.45, 2.75) is 0 Å². The molecule has 0 bridgehead atoms. The highest BCUT2D eigenvalue weighted by atomic mass is 16.5. The number of rotatable bonds is 3. The summed E-state index contributed by atoms with van der Waals surface area (Å²) in [5, 5.41) is 9.28. The summed E-state index contributed by atoms with van der Waals surface area (Å²) in [7, 11) is 1.98. The van der Waals surface area contributed by atoms with E-state index in [9.17, 15) is 9.59 Å². The molecule has 8 nitrogen and oxygen atoms in total. The van der Waals surface area contributed by atoms with Crippen molar-refractivity contribution in [3.05, 3.63) is 70.6 Å². The highest BCUT2D eigenvalue weighted by molar-refractivity contribution is 6.33. The lowest BCUT2D eigenvalue weighted by Crippen LogP contribution is -2.40. The van der Waals surface area contributed by atoms with Crippen LogP contribution in [-0.4, -0.2) is 64.9 Å². The molecule has 1 N–H and O–H groups in total. The second kappa shape index (κ2) is 7.84. The van der Waals surface area contributed by atoms with Crippen LogP contribution in [0.1, 0.15) is 10.4 Å². The van der Waals surface area contributed by atoms with Crippen LogP contribution in [0.15, 0.2) is 59.5 Å². The summed E-state index contributed by atoms with van der Waals surface area (Å²) in [5.41, 5.74) is 3.98. The van der Waals surface area contributed by atoms with E-state index in [0.717, 1.165) is 22.1 Å². The second-order valence-corrected chi connectivity index (χ2v) is 7.60. The number of ether oxygens (including phenoxy) is 1. The van der Waals surface area contributed by atoms with Crippen molar-refractivity contribution in [3.63, 3.8) is 0 Å². The summed E-state index contributed by atoms with van der Waals surface area (Å²) in [6.45, 7) is 2.35. The van der Waals surface area contributed by atoms with Crippen LogP contribution in [0.3, 0.4) is 0 Å². The van der Waals surface area contributed by atoms with Gasteiger partial charge >= 0.3 is 0 Å². The zero-order valence-electron chi connectivity index (χ0n) is 17.0. The van der Waals surface area contributed by atoms with Gasteiger partial charge in [0.15, 0.2) is 0 Å². The first-order chi connectivity index (χ1) is 15.1. The highest BCUT2D eigenvalue weighted by Gasteiger charge is 2.18. The van der Waals surface area contributed by atoms with Crippen molar-refractivity contribution in [2.75, 3.05) is 26.3 Å². The molecule has 154 valence electrons. The van der Waals surface area contributed by atoms with Crippen LogP contribution in [0.25, 0.3) is 27.8 Å². The number of pyridine rings is 1. The topological polar surface area (TPSA) is 93.1 Å². The minimum Gasteiger partial charge on any atom is -0.378 e. The summed E-state index contributed by atoms with van der Waals surface area (Å²) in [4.78, 5) is 29.9. The standard InChI is InChI=1S/C22H20BN5O3/c23-16-4-1-15-11-18(21(29)24-19(15)12-16)20-13-28(26-25-20)17-5-2-14(3-6-17)22(30)27-7-9-31-10-8-27/h1-6,11-13H,7-10,23H2,(H,24,29). The molecule has 5 rings (SSSR count). The summed E-state index contributed by atoms with van der Waals surface area (Å²) < 4.78 is 6.90. The van der Waals surface area contributed by atoms with E-state index >= 15 is 0 Å². The lowest BCUT2D eigenvalue weighted by Gasteiger charge is -2.26.